The van der Waals surface area contributed by atoms with E-state index in [-0.39, 0.29) is 0 Å². The van der Waals surface area contributed by atoms with Gasteiger partial charge in [-0.15, -0.1) is 0 Å². The molecule has 2 heterocycles. The second kappa shape index (κ2) is 5.37. The highest BCUT2D eigenvalue weighted by Gasteiger charge is 2.30. The molecule has 1 aromatic heterocycles. The van der Waals surface area contributed by atoms with Crippen molar-refractivity contribution < 1.29 is 0 Å². The number of aromatic nitrogens is 2. The van der Waals surface area contributed by atoms with Gasteiger partial charge in [0.05, 0.1) is 16.4 Å². The highest BCUT2D eigenvalue weighted by Crippen LogP contribution is 2.27. The van der Waals surface area contributed by atoms with E-state index < -0.39 is 0 Å². The number of rotatable bonds is 3. The van der Waals surface area contributed by atoms with Crippen LogP contribution in [0.2, 0.25) is 0 Å². The van der Waals surface area contributed by atoms with Crippen molar-refractivity contribution in [2.45, 2.75) is 6.04 Å². The van der Waals surface area contributed by atoms with Gasteiger partial charge in [-0.1, -0.05) is 0 Å². The summed E-state index contributed by atoms with van der Waals surface area (Å²) in [6, 6.07) is 6.10. The van der Waals surface area contributed by atoms with Crippen molar-refractivity contribution in [2.24, 2.45) is 4.99 Å². The smallest absolute Gasteiger partial charge is 0.227 e. The molecule has 1 fully saturated rings. The molecule has 7 heteroatoms. The fourth-order valence-corrected chi connectivity index (χ4v) is 2.44. The Morgan fingerprint density at radius 1 is 1.38 bits per heavy atom. The maximum atomic E-state index is 6.06. The second-order valence-electron chi connectivity index (χ2n) is 5.34. The fourth-order valence-electron chi connectivity index (χ4n) is 2.34. The number of nitrogens with two attached hydrogens (primary N) is 1. The van der Waals surface area contributed by atoms with Crippen LogP contribution in [0.5, 0.6) is 0 Å². The van der Waals surface area contributed by atoms with Crippen LogP contribution >= 0.6 is 12.2 Å². The minimum absolute atomic E-state index is 0.463. The van der Waals surface area contributed by atoms with Crippen LogP contribution < -0.4 is 10.6 Å². The quantitative estimate of drug-likeness (QED) is 0.687. The number of nitrogen functional groups attached to an aromatic ring is 1. The Labute approximate surface area is 128 Å². The summed E-state index contributed by atoms with van der Waals surface area (Å²) in [5, 5.41) is 3.13. The number of hydrogen-bond donors (Lipinski definition) is 1. The zero-order valence-electron chi connectivity index (χ0n) is 11.9. The molecule has 0 saturated carbocycles. The standard InChI is InChI=1S/C14H16N6S/c1-19(2)10-6-20(7-10)14-17-12-4-3-9(16-8-21)5-11(12)13(15)18-14/h3-5,10H,6-7H2,1-2H3,(H2,15,17,18). The molecular formula is C14H16N6S. The minimum Gasteiger partial charge on any atom is -0.383 e. The maximum Gasteiger partial charge on any atom is 0.227 e. The van der Waals surface area contributed by atoms with Gasteiger partial charge in [0.1, 0.15) is 5.82 Å². The predicted octanol–water partition coefficient (Wildman–Crippen LogP) is 1.70. The number of isothiocyanates is 1. The van der Waals surface area contributed by atoms with Crippen molar-refractivity contribution in [3.8, 4) is 0 Å². The van der Waals surface area contributed by atoms with E-state index >= 15 is 0 Å². The van der Waals surface area contributed by atoms with Gasteiger partial charge in [-0.05, 0) is 44.5 Å². The van der Waals surface area contributed by atoms with E-state index in [1.54, 1.807) is 0 Å². The molecule has 1 aliphatic heterocycles. The van der Waals surface area contributed by atoms with E-state index in [0.717, 1.165) is 24.0 Å². The lowest BCUT2D eigenvalue weighted by atomic mass is 10.1. The average molecular weight is 300 g/mol. The molecule has 3 rings (SSSR count). The zero-order valence-corrected chi connectivity index (χ0v) is 12.8. The van der Waals surface area contributed by atoms with Crippen LogP contribution in [-0.4, -0.2) is 53.3 Å². The van der Waals surface area contributed by atoms with E-state index in [1.807, 2.05) is 18.2 Å². The molecule has 0 radical (unpaired) electrons. The molecule has 2 N–H and O–H groups in total. The Kier molecular flexibility index (Phi) is 3.55. The lowest BCUT2D eigenvalue weighted by Gasteiger charge is -2.42. The van der Waals surface area contributed by atoms with Crippen molar-refractivity contribution in [3.05, 3.63) is 18.2 Å². The summed E-state index contributed by atoms with van der Waals surface area (Å²) in [7, 11) is 4.16. The lowest BCUT2D eigenvalue weighted by molar-refractivity contribution is 0.245. The Hall–Kier alpha value is -2.08. The Bertz CT molecular complexity index is 732. The minimum atomic E-state index is 0.463. The molecule has 2 aromatic rings. The van der Waals surface area contributed by atoms with Crippen molar-refractivity contribution in [1.29, 1.82) is 0 Å². The van der Waals surface area contributed by atoms with Crippen molar-refractivity contribution in [2.75, 3.05) is 37.8 Å². The summed E-state index contributed by atoms with van der Waals surface area (Å²) >= 11 is 4.61. The number of aliphatic imine (C=N–C) groups is 1. The van der Waals surface area contributed by atoms with Gasteiger partial charge >= 0.3 is 0 Å². The van der Waals surface area contributed by atoms with Gasteiger partial charge in [0, 0.05) is 24.5 Å². The molecule has 1 aliphatic rings. The Morgan fingerprint density at radius 2 is 2.14 bits per heavy atom. The number of hydrogen-bond acceptors (Lipinski definition) is 7. The number of fused-ring (bicyclic) bond motifs is 1. The number of thiocarbonyl (C=S) groups is 1. The Balaban J connectivity index is 1.93. The van der Waals surface area contributed by atoms with Crippen LogP contribution in [0.3, 0.4) is 0 Å². The SMILES string of the molecule is CN(C)C1CN(c2nc(N)c3cc(N=C=S)ccc3n2)C1. The van der Waals surface area contributed by atoms with Gasteiger partial charge in [-0.25, -0.2) is 4.98 Å². The number of nitrogens with zero attached hydrogens (tertiary/aromatic N) is 5. The molecule has 21 heavy (non-hydrogen) atoms. The first kappa shape index (κ1) is 13.9. The highest BCUT2D eigenvalue weighted by atomic mass is 32.1. The Morgan fingerprint density at radius 3 is 2.81 bits per heavy atom. The number of likely N-dealkylation sites (N-methyl/N-ethyl adjacent to an activating group) is 1. The van der Waals surface area contributed by atoms with Gasteiger partial charge in [-0.3, -0.25) is 0 Å². The van der Waals surface area contributed by atoms with Gasteiger partial charge in [0.25, 0.3) is 0 Å². The third kappa shape index (κ3) is 2.58. The van der Waals surface area contributed by atoms with Crippen molar-refractivity contribution >= 4 is 45.7 Å². The summed E-state index contributed by atoms with van der Waals surface area (Å²) in [5.74, 6) is 1.15. The van der Waals surface area contributed by atoms with Crippen LogP contribution in [0.1, 0.15) is 0 Å². The van der Waals surface area contributed by atoms with E-state index in [0.29, 0.717) is 23.5 Å². The molecule has 108 valence electrons. The third-order valence-corrected chi connectivity index (χ3v) is 3.84. The first-order chi connectivity index (χ1) is 10.1. The molecule has 0 bridgehead atoms. The molecule has 0 unspecified atom stereocenters. The van der Waals surface area contributed by atoms with Gasteiger partial charge in [-0.2, -0.15) is 9.98 Å². The molecule has 1 saturated heterocycles. The topological polar surface area (TPSA) is 70.6 Å². The zero-order chi connectivity index (χ0) is 15.0. The second-order valence-corrected chi connectivity index (χ2v) is 5.52. The summed E-state index contributed by atoms with van der Waals surface area (Å²) in [6.45, 7) is 1.84. The van der Waals surface area contributed by atoms with Crippen molar-refractivity contribution in [1.82, 2.24) is 14.9 Å². The third-order valence-electron chi connectivity index (χ3n) is 3.75. The van der Waals surface area contributed by atoms with Crippen molar-refractivity contribution in [3.63, 3.8) is 0 Å². The number of benzene rings is 1. The average Bonchev–Trinajstić information content (AvgIpc) is 2.37. The lowest BCUT2D eigenvalue weighted by Crippen LogP contribution is -2.58. The molecule has 1 aromatic carbocycles. The normalized spacial score (nSPS) is 15.1. The summed E-state index contributed by atoms with van der Waals surface area (Å²) in [5.41, 5.74) is 7.58. The first-order valence-electron chi connectivity index (χ1n) is 6.65. The summed E-state index contributed by atoms with van der Waals surface area (Å²) in [4.78, 5) is 17.3. The predicted molar refractivity (Wildman–Crippen MR) is 88.3 cm³/mol. The highest BCUT2D eigenvalue weighted by molar-refractivity contribution is 7.78. The van der Waals surface area contributed by atoms with Crippen LogP contribution in [-0.2, 0) is 0 Å². The molecule has 0 spiro atoms. The van der Waals surface area contributed by atoms with Gasteiger partial charge in [0.15, 0.2) is 0 Å². The van der Waals surface area contributed by atoms with E-state index in [9.17, 15) is 0 Å². The van der Waals surface area contributed by atoms with E-state index in [4.69, 9.17) is 5.73 Å². The summed E-state index contributed by atoms with van der Waals surface area (Å²) < 4.78 is 0. The van der Waals surface area contributed by atoms with Gasteiger partial charge in [0.2, 0.25) is 5.95 Å². The monoisotopic (exact) mass is 300 g/mol. The van der Waals surface area contributed by atoms with E-state index in [1.165, 1.54) is 0 Å². The molecule has 0 aliphatic carbocycles. The fraction of sp³-hybridized carbons (Fsp3) is 0.357. The number of anilines is 2. The van der Waals surface area contributed by atoms with Crippen LogP contribution in [0.4, 0.5) is 17.5 Å². The maximum absolute atomic E-state index is 6.06. The molecule has 0 amide bonds. The van der Waals surface area contributed by atoms with Gasteiger partial charge < -0.3 is 15.5 Å². The van der Waals surface area contributed by atoms with Crippen LogP contribution in [0.15, 0.2) is 23.2 Å². The van der Waals surface area contributed by atoms with E-state index in [2.05, 4.69) is 56.2 Å². The summed E-state index contributed by atoms with van der Waals surface area (Å²) in [6.07, 6.45) is 0. The largest absolute Gasteiger partial charge is 0.383 e. The molecular weight excluding hydrogens is 284 g/mol. The molecule has 6 nitrogen and oxygen atoms in total. The van der Waals surface area contributed by atoms with Crippen LogP contribution in [0.25, 0.3) is 10.9 Å². The van der Waals surface area contributed by atoms with Crippen LogP contribution in [0, 0.1) is 0 Å². The first-order valence-corrected chi connectivity index (χ1v) is 7.06. The molecule has 0 atom stereocenters.